The highest BCUT2D eigenvalue weighted by atomic mass is 32.1. The van der Waals surface area contributed by atoms with Gasteiger partial charge in [-0.05, 0) is 70.8 Å². The van der Waals surface area contributed by atoms with Crippen molar-refractivity contribution in [3.05, 3.63) is 170 Å². The third-order valence-corrected chi connectivity index (χ3v) is 11.6. The molecular weight excluding hydrogens is 673 g/mol. The van der Waals surface area contributed by atoms with Crippen LogP contribution in [0.2, 0.25) is 0 Å². The van der Waals surface area contributed by atoms with Crippen LogP contribution in [0.15, 0.2) is 170 Å². The minimum absolute atomic E-state index is 0.630. The number of fused-ring (bicyclic) bond motifs is 4. The Morgan fingerprint density at radius 1 is 0.327 bits per heavy atom. The molecule has 0 bridgehead atoms. The van der Waals surface area contributed by atoms with E-state index in [0.717, 1.165) is 60.4 Å². The largest absolute Gasteiger partial charge is 0.236 e. The molecule has 3 heterocycles. The first kappa shape index (κ1) is 30.5. The molecule has 10 rings (SSSR count). The fraction of sp³-hybridized carbons (Fsp3) is 0. The second kappa shape index (κ2) is 12.8. The third-order valence-electron chi connectivity index (χ3n) is 9.35. The van der Waals surface area contributed by atoms with Crippen LogP contribution in [0.25, 0.3) is 97.4 Å². The maximum Gasteiger partial charge on any atom is 0.164 e. The fourth-order valence-electron chi connectivity index (χ4n) is 6.83. The first-order chi connectivity index (χ1) is 25.7. The molecular formula is C46H28N4S2. The summed E-state index contributed by atoms with van der Waals surface area (Å²) in [5, 5.41) is 3.33. The molecule has 0 N–H and O–H groups in total. The zero-order chi connectivity index (χ0) is 34.4. The zero-order valence-electron chi connectivity index (χ0n) is 27.8. The number of nitrogens with zero attached hydrogens (tertiary/aromatic N) is 4. The normalized spacial score (nSPS) is 11.5. The number of hydrogen-bond donors (Lipinski definition) is 0. The highest BCUT2D eigenvalue weighted by molar-refractivity contribution is 7.26. The molecule has 0 aliphatic rings. The molecule has 0 spiro atoms. The van der Waals surface area contributed by atoms with Gasteiger partial charge in [-0.25, -0.2) is 19.9 Å². The lowest BCUT2D eigenvalue weighted by atomic mass is 9.96. The van der Waals surface area contributed by atoms with Crippen molar-refractivity contribution >= 4 is 53.1 Å². The van der Waals surface area contributed by atoms with Crippen LogP contribution in [-0.2, 0) is 0 Å². The Balaban J connectivity index is 1.20. The Kier molecular flexibility index (Phi) is 7.48. The van der Waals surface area contributed by atoms with Crippen LogP contribution >= 0.6 is 22.7 Å². The molecule has 10 aromatic rings. The van der Waals surface area contributed by atoms with Crippen molar-refractivity contribution in [1.82, 2.24) is 19.9 Å². The Labute approximate surface area is 308 Å². The molecule has 0 radical (unpaired) electrons. The predicted octanol–water partition coefficient (Wildman–Crippen LogP) is 12.9. The standard InChI is InChI=1S/C46H28N4S2/c1-4-13-29(14-5-1)33-25-34(30-15-6-2-7-16-30)27-35(26-33)44-48-43(31-17-8-3-9-18-31)49-45(50-44)36-19-12-22-41-42(36)37-28-32(23-24-39(37)51-41)46-47-38-20-10-11-21-40(38)52-46/h1-28H. The minimum atomic E-state index is 0.630. The molecule has 0 aliphatic carbocycles. The van der Waals surface area contributed by atoms with E-state index in [1.54, 1.807) is 22.7 Å². The third kappa shape index (κ3) is 5.55. The molecule has 0 aliphatic heterocycles. The van der Waals surface area contributed by atoms with E-state index >= 15 is 0 Å². The number of hydrogen-bond acceptors (Lipinski definition) is 6. The van der Waals surface area contributed by atoms with Gasteiger partial charge in [0.05, 0.1) is 10.2 Å². The number of para-hydroxylation sites is 1. The van der Waals surface area contributed by atoms with Crippen LogP contribution in [0.3, 0.4) is 0 Å². The average molecular weight is 701 g/mol. The molecule has 0 amide bonds. The second-order valence-electron chi connectivity index (χ2n) is 12.7. The van der Waals surface area contributed by atoms with Gasteiger partial charge in [-0.15, -0.1) is 22.7 Å². The van der Waals surface area contributed by atoms with Crippen LogP contribution in [0.1, 0.15) is 0 Å². The lowest BCUT2D eigenvalue weighted by Gasteiger charge is -2.13. The number of thiazole rings is 1. The van der Waals surface area contributed by atoms with E-state index in [2.05, 4.69) is 133 Å². The smallest absolute Gasteiger partial charge is 0.164 e. The number of benzene rings is 7. The summed E-state index contributed by atoms with van der Waals surface area (Å²) >= 11 is 3.52. The van der Waals surface area contributed by atoms with Gasteiger partial charge in [0, 0.05) is 42.4 Å². The Morgan fingerprint density at radius 2 is 0.904 bits per heavy atom. The summed E-state index contributed by atoms with van der Waals surface area (Å²) in [5.74, 6) is 1.91. The van der Waals surface area contributed by atoms with Crippen molar-refractivity contribution < 1.29 is 0 Å². The van der Waals surface area contributed by atoms with Gasteiger partial charge in [0.25, 0.3) is 0 Å². The van der Waals surface area contributed by atoms with Gasteiger partial charge >= 0.3 is 0 Å². The summed E-state index contributed by atoms with van der Waals surface area (Å²) in [4.78, 5) is 20.6. The van der Waals surface area contributed by atoms with E-state index in [-0.39, 0.29) is 0 Å². The monoisotopic (exact) mass is 700 g/mol. The number of thiophene rings is 1. The SMILES string of the molecule is c1ccc(-c2cc(-c3ccccc3)cc(-c3nc(-c4ccccc4)nc(-c4cccc5sc6ccc(-c7nc8ccccc8s7)cc6c45)n3)c2)cc1. The van der Waals surface area contributed by atoms with Crippen LogP contribution in [0.5, 0.6) is 0 Å². The summed E-state index contributed by atoms with van der Waals surface area (Å²) in [7, 11) is 0. The summed E-state index contributed by atoms with van der Waals surface area (Å²) in [6, 6.07) is 59.3. The lowest BCUT2D eigenvalue weighted by molar-refractivity contribution is 1.08. The van der Waals surface area contributed by atoms with Gasteiger partial charge in [-0.1, -0.05) is 121 Å². The van der Waals surface area contributed by atoms with Crippen LogP contribution in [0.4, 0.5) is 0 Å². The highest BCUT2D eigenvalue weighted by Gasteiger charge is 2.19. The Hall–Kier alpha value is -6.34. The van der Waals surface area contributed by atoms with E-state index in [9.17, 15) is 0 Å². The van der Waals surface area contributed by atoms with Crippen molar-refractivity contribution in [3.63, 3.8) is 0 Å². The average Bonchev–Trinajstić information content (AvgIpc) is 3.83. The van der Waals surface area contributed by atoms with E-state index in [1.165, 1.54) is 19.5 Å². The molecule has 0 saturated heterocycles. The molecule has 244 valence electrons. The lowest BCUT2D eigenvalue weighted by Crippen LogP contribution is -2.01. The van der Waals surface area contributed by atoms with E-state index in [0.29, 0.717) is 17.5 Å². The fourth-order valence-corrected chi connectivity index (χ4v) is 8.91. The summed E-state index contributed by atoms with van der Waals surface area (Å²) in [6.07, 6.45) is 0. The summed E-state index contributed by atoms with van der Waals surface area (Å²) < 4.78 is 3.59. The molecule has 0 unspecified atom stereocenters. The molecule has 0 saturated carbocycles. The van der Waals surface area contributed by atoms with Gasteiger partial charge in [-0.2, -0.15) is 0 Å². The molecule has 6 heteroatoms. The molecule has 4 nitrogen and oxygen atoms in total. The Morgan fingerprint density at radius 3 is 1.60 bits per heavy atom. The first-order valence-electron chi connectivity index (χ1n) is 17.1. The van der Waals surface area contributed by atoms with Gasteiger partial charge < -0.3 is 0 Å². The number of rotatable bonds is 6. The van der Waals surface area contributed by atoms with Crippen molar-refractivity contribution in [2.75, 3.05) is 0 Å². The maximum absolute atomic E-state index is 5.29. The van der Waals surface area contributed by atoms with Gasteiger partial charge in [0.2, 0.25) is 0 Å². The minimum Gasteiger partial charge on any atom is -0.236 e. The summed E-state index contributed by atoms with van der Waals surface area (Å²) in [5.41, 5.74) is 9.47. The van der Waals surface area contributed by atoms with Crippen molar-refractivity contribution in [3.8, 4) is 67.0 Å². The second-order valence-corrected chi connectivity index (χ2v) is 14.8. The van der Waals surface area contributed by atoms with Gasteiger partial charge in [0.1, 0.15) is 5.01 Å². The molecule has 52 heavy (non-hydrogen) atoms. The van der Waals surface area contributed by atoms with Crippen LogP contribution in [-0.4, -0.2) is 19.9 Å². The van der Waals surface area contributed by atoms with Crippen LogP contribution in [0, 0.1) is 0 Å². The molecule has 0 fully saturated rings. The van der Waals surface area contributed by atoms with E-state index in [4.69, 9.17) is 19.9 Å². The van der Waals surface area contributed by atoms with Gasteiger partial charge in [0.15, 0.2) is 17.5 Å². The highest BCUT2D eigenvalue weighted by Crippen LogP contribution is 2.42. The van der Waals surface area contributed by atoms with Gasteiger partial charge in [-0.3, -0.25) is 0 Å². The molecule has 3 aromatic heterocycles. The zero-order valence-corrected chi connectivity index (χ0v) is 29.4. The molecule has 7 aromatic carbocycles. The van der Waals surface area contributed by atoms with E-state index in [1.807, 2.05) is 36.4 Å². The van der Waals surface area contributed by atoms with Crippen molar-refractivity contribution in [2.24, 2.45) is 0 Å². The quantitative estimate of drug-likeness (QED) is 0.173. The Bertz CT molecular complexity index is 2810. The first-order valence-corrected chi connectivity index (χ1v) is 18.8. The van der Waals surface area contributed by atoms with Crippen molar-refractivity contribution in [2.45, 2.75) is 0 Å². The maximum atomic E-state index is 5.29. The predicted molar refractivity (Wildman–Crippen MR) is 219 cm³/mol. The van der Waals surface area contributed by atoms with Crippen LogP contribution < -0.4 is 0 Å². The van der Waals surface area contributed by atoms with Crippen molar-refractivity contribution in [1.29, 1.82) is 0 Å². The topological polar surface area (TPSA) is 51.6 Å². The summed E-state index contributed by atoms with van der Waals surface area (Å²) in [6.45, 7) is 0. The number of aromatic nitrogens is 4. The van der Waals surface area contributed by atoms with E-state index < -0.39 is 0 Å². The molecule has 0 atom stereocenters.